The molecule has 20 heteroatoms. The van der Waals surface area contributed by atoms with Crippen LogP contribution in [0, 0.1) is 147 Å². The topological polar surface area (TPSA) is 258 Å². The van der Waals surface area contributed by atoms with Gasteiger partial charge < -0.3 is 16.0 Å². The van der Waals surface area contributed by atoms with E-state index in [1.54, 1.807) is 0 Å². The van der Waals surface area contributed by atoms with Gasteiger partial charge in [0.1, 0.15) is 0 Å². The van der Waals surface area contributed by atoms with Gasteiger partial charge in [0.2, 0.25) is 0 Å². The molecule has 0 aromatic heterocycles. The van der Waals surface area contributed by atoms with Gasteiger partial charge in [0.05, 0.1) is 7.30 Å². The molecular weight excluding hydrogens is 1550 g/mol. The van der Waals surface area contributed by atoms with Crippen LogP contribution in [-0.2, 0) is 116 Å². The van der Waals surface area contributed by atoms with Gasteiger partial charge in [-0.1, -0.05) is 200 Å². The summed E-state index contributed by atoms with van der Waals surface area (Å²) < 4.78 is 75.0. The summed E-state index contributed by atoms with van der Waals surface area (Å²) in [6, 6.07) is 19.4. The molecule has 0 atom stereocenters. The van der Waals surface area contributed by atoms with Crippen molar-refractivity contribution >= 4 is 45.0 Å². The fraction of sp³-hybridized carbons (Fsp3) is 0.554. The summed E-state index contributed by atoms with van der Waals surface area (Å²) in [6.07, 6.45) is 12.3. The third-order valence-electron chi connectivity index (χ3n) is 11.4. The number of nitrogens with zero attached hydrogens (tertiary/aromatic N) is 3. The first-order valence-electron chi connectivity index (χ1n) is 25.8. The van der Waals surface area contributed by atoms with Crippen LogP contribution in [0.2, 0.25) is 0 Å². The average Bonchev–Trinajstić information content (AvgIpc) is 4.30. The second-order valence-corrected chi connectivity index (χ2v) is 32.0. The molecule has 4 bridgehead atoms. The summed E-state index contributed by atoms with van der Waals surface area (Å²) in [4.78, 5) is 12.5. The predicted octanol–water partition coefficient (Wildman–Crippen LogP) is 19.7. The number of carbonyl (C=O) groups is 1. The number of rotatable bonds is 10. The molecule has 8 rings (SSSR count). The van der Waals surface area contributed by atoms with Gasteiger partial charge in [0.25, 0.3) is 0 Å². The van der Waals surface area contributed by atoms with Gasteiger partial charge in [-0.2, -0.15) is 0 Å². The smallest absolute Gasteiger partial charge is 0 e. The third-order valence-corrected chi connectivity index (χ3v) is 18.0. The molecule has 0 spiro atoms. The van der Waals surface area contributed by atoms with Crippen molar-refractivity contribution in [3.8, 4) is 0 Å². The normalized spacial score (nSPS) is 16.4. The Morgan fingerprint density at radius 2 is 0.624 bits per heavy atom. The van der Waals surface area contributed by atoms with Crippen LogP contribution in [0.4, 0.5) is 17.1 Å². The van der Waals surface area contributed by atoms with E-state index in [4.69, 9.17) is 46.5 Å². The zero-order valence-corrected chi connectivity index (χ0v) is 63.6. The van der Waals surface area contributed by atoms with Crippen LogP contribution in [0.1, 0.15) is 167 Å². The van der Waals surface area contributed by atoms with Gasteiger partial charge in [0, 0.05) is 69.9 Å². The monoisotopic (exact) mass is 1640 g/mol. The molecule has 14 nitrogen and oxygen atoms in total. The Labute approximate surface area is 561 Å². The summed E-state index contributed by atoms with van der Waals surface area (Å²) in [5, 5.41) is 13.8. The summed E-state index contributed by atoms with van der Waals surface area (Å²) in [6.45, 7) is 84.6. The quantitative estimate of drug-likeness (QED) is 0.0816. The minimum absolute atomic E-state index is 0. The molecule has 3 aromatic rings. The first-order valence-corrected chi connectivity index (χ1v) is 31.1. The molecule has 0 unspecified atom stereocenters. The Bertz CT molecular complexity index is 2060. The largest absolute Gasteiger partial charge is 0 e. The van der Waals surface area contributed by atoms with Gasteiger partial charge in [-0.15, -0.1) is 36.7 Å². The van der Waals surface area contributed by atoms with Gasteiger partial charge >= 0.3 is 113 Å². The van der Waals surface area contributed by atoms with Crippen molar-refractivity contribution in [3.63, 3.8) is 0 Å². The van der Waals surface area contributed by atoms with Crippen molar-refractivity contribution < 1.29 is 116 Å². The molecule has 0 N–H and O–H groups in total. The van der Waals surface area contributed by atoms with Crippen LogP contribution < -0.4 is 0 Å². The second kappa shape index (κ2) is 65.7. The maximum Gasteiger partial charge on any atom is 0 e. The molecule has 5 aliphatic rings. The molecule has 0 amide bonds. The zero-order chi connectivity index (χ0) is 66.5. The number of hydrogen-bond donors (Lipinski definition) is 0. The number of carbonyl (C=O) groups excluding carboxylic acids is 1. The predicted molar refractivity (Wildman–Crippen MR) is 321 cm³/mol. The zero-order valence-electron chi connectivity index (χ0n) is 52.9. The van der Waals surface area contributed by atoms with Crippen LogP contribution in [0.25, 0.3) is 16.0 Å². The van der Waals surface area contributed by atoms with E-state index in [1.165, 1.54) is 106 Å². The Hall–Kier alpha value is -2.72. The van der Waals surface area contributed by atoms with Crippen LogP contribution in [0.5, 0.6) is 0 Å². The first kappa shape index (κ1) is 107. The fourth-order valence-electron chi connectivity index (χ4n) is 9.15. The van der Waals surface area contributed by atoms with Gasteiger partial charge in [0.15, 0.2) is 5.52 Å². The number of hydrogen-bond acceptors (Lipinski definition) is 1. The molecule has 85 heavy (non-hydrogen) atoms. The van der Waals surface area contributed by atoms with E-state index in [9.17, 15) is 4.79 Å². The minimum Gasteiger partial charge on any atom is 0 e. The van der Waals surface area contributed by atoms with Gasteiger partial charge in [-0.05, 0) is 113 Å². The van der Waals surface area contributed by atoms with Crippen molar-refractivity contribution in [3.05, 3.63) is 170 Å². The molecular formula is C65H87N3NbO11P3W2-3. The standard InChI is InChI=1S/3C13H20N.C11H15OP3.C5H12.10CO.Nb.2W/c3*1-10-6-11(2)8-12(7-10)14-9-13(3,4)5;12-10(15-13-14-15)11-4-7-1-8(5-11)3-9(2-7)6-11;1-3-5-4-2;10*1-2;;;/h3*6-8H,9H2,1-5H3;7-9H,1-6H2;3-5H2,1-2H3;;;;;;;;;;;;;/q3*-1;;;;;;;;;;;;;;;. The number of benzene rings is 3. The summed E-state index contributed by atoms with van der Waals surface area (Å²) in [5.41, 5.74) is 12.8. The fourth-order valence-corrected chi connectivity index (χ4v) is 14.8. The Morgan fingerprint density at radius 3 is 0.765 bits per heavy atom. The summed E-state index contributed by atoms with van der Waals surface area (Å²) in [5.74, 6) is 2.80. The second-order valence-electron chi connectivity index (χ2n) is 23.0. The van der Waals surface area contributed by atoms with E-state index in [1.807, 2.05) is 0 Å². The number of aryl methyl sites for hydroxylation is 6. The SMILES string of the molecule is CCCCC.Cc1cc(C)cc([N-]CC(C)(C)C)c1.Cc1cc(C)cc([N-]CC(C)(C)C)c1.Cc1cc(C)cc([N-]CC(C)(C)C)c1.O=C(P1P=P1)C12CC3CC(CC(C3)C1)C2.[C-]#[O+].[C-]#[O+].[C-]#[O+].[C-]#[O+].[C-]#[O+].[C-]#[O+].[C-]#[O+].[C-]#[O+].[C-]#[O+].[C-]#[O+].[Nb].[W].[W]. The molecule has 1 aliphatic heterocycles. The molecule has 4 fully saturated rings. The molecule has 463 valence electrons. The van der Waals surface area contributed by atoms with Gasteiger partial charge in [-0.25, -0.2) is 0 Å². The van der Waals surface area contributed by atoms with Crippen LogP contribution in [0.15, 0.2) is 54.6 Å². The van der Waals surface area contributed by atoms with E-state index < -0.39 is 0 Å². The Balaban J connectivity index is -0.0000000838. The number of unbranched alkanes of at least 4 members (excludes halogenated alkanes) is 2. The molecule has 1 heterocycles. The van der Waals surface area contributed by atoms with Crippen molar-refractivity contribution in [2.24, 2.45) is 39.4 Å². The van der Waals surface area contributed by atoms with Crippen LogP contribution in [-0.4, -0.2) is 25.2 Å². The minimum atomic E-state index is -0.167. The summed E-state index contributed by atoms with van der Waals surface area (Å²) >= 11 is 0. The van der Waals surface area contributed by atoms with Crippen LogP contribution >= 0.6 is 22.4 Å². The Morgan fingerprint density at radius 1 is 0.435 bits per heavy atom. The average molecular weight is 1640 g/mol. The molecule has 3 aromatic carbocycles. The van der Waals surface area contributed by atoms with Crippen LogP contribution in [0.3, 0.4) is 0 Å². The van der Waals surface area contributed by atoms with E-state index in [-0.39, 0.29) is 93.5 Å². The van der Waals surface area contributed by atoms with Gasteiger partial charge in [-0.3, -0.25) is 4.79 Å². The van der Waals surface area contributed by atoms with Crippen molar-refractivity contribution in [1.29, 1.82) is 0 Å². The Kier molecular flexibility index (Phi) is 82.7. The maximum atomic E-state index is 12.5. The van der Waals surface area contributed by atoms with Crippen molar-refractivity contribution in [2.75, 3.05) is 19.6 Å². The molecule has 1 radical (unpaired) electrons. The van der Waals surface area contributed by atoms with E-state index in [0.717, 1.165) is 60.0 Å². The van der Waals surface area contributed by atoms with Crippen molar-refractivity contribution in [1.82, 2.24) is 0 Å². The van der Waals surface area contributed by atoms with E-state index in [2.05, 4.69) is 255 Å². The third kappa shape index (κ3) is 58.7. The molecule has 4 aliphatic carbocycles. The maximum absolute atomic E-state index is 12.5. The van der Waals surface area contributed by atoms with Crippen molar-refractivity contribution in [2.45, 2.75) is 175 Å². The molecule has 4 saturated carbocycles. The first-order chi connectivity index (χ1) is 38.8. The summed E-state index contributed by atoms with van der Waals surface area (Å²) in [7, 11) is 2.77. The van der Waals surface area contributed by atoms with E-state index in [0.29, 0.717) is 0 Å². The van der Waals surface area contributed by atoms with E-state index >= 15 is 0 Å². The molecule has 0 saturated heterocycles.